The largest absolute Gasteiger partial charge is 0.493 e. The van der Waals surface area contributed by atoms with E-state index in [1.807, 2.05) is 42.6 Å². The summed E-state index contributed by atoms with van der Waals surface area (Å²) in [5, 5.41) is 1.06. The molecule has 0 fully saturated rings. The highest BCUT2D eigenvalue weighted by Crippen LogP contribution is 2.37. The Morgan fingerprint density at radius 1 is 0.905 bits per heavy atom. The van der Waals surface area contributed by atoms with E-state index in [1.165, 1.54) is 4.90 Å². The maximum absolute atomic E-state index is 5.39. The van der Waals surface area contributed by atoms with Gasteiger partial charge in [-0.25, -0.2) is 0 Å². The molecule has 4 heteroatoms. The van der Waals surface area contributed by atoms with Gasteiger partial charge in [0.15, 0.2) is 11.5 Å². The van der Waals surface area contributed by atoms with E-state index in [0.717, 1.165) is 15.8 Å². The molecule has 0 aliphatic rings. The number of pyridine rings is 1. The van der Waals surface area contributed by atoms with Gasteiger partial charge in [0.1, 0.15) is 0 Å². The Kier molecular flexibility index (Phi) is 3.97. The lowest BCUT2D eigenvalue weighted by Gasteiger charge is -2.11. The van der Waals surface area contributed by atoms with Gasteiger partial charge in [-0.05, 0) is 24.3 Å². The van der Waals surface area contributed by atoms with Crippen LogP contribution in [0.2, 0.25) is 0 Å². The third kappa shape index (κ3) is 2.81. The number of benzene rings is 2. The molecule has 0 radical (unpaired) electrons. The quantitative estimate of drug-likeness (QED) is 0.714. The van der Waals surface area contributed by atoms with Crippen molar-refractivity contribution >= 4 is 22.7 Å². The van der Waals surface area contributed by atoms with Gasteiger partial charge in [-0.3, -0.25) is 4.98 Å². The van der Waals surface area contributed by atoms with Crippen molar-refractivity contribution in [3.63, 3.8) is 0 Å². The smallest absolute Gasteiger partial charge is 0.162 e. The Balaban J connectivity index is 2.10. The molecule has 0 N–H and O–H groups in total. The number of hydrogen-bond acceptors (Lipinski definition) is 4. The summed E-state index contributed by atoms with van der Waals surface area (Å²) in [5.41, 5.74) is 0.897. The molecule has 0 unspecified atom stereocenters. The summed E-state index contributed by atoms with van der Waals surface area (Å²) in [6, 6.07) is 16.2. The highest BCUT2D eigenvalue weighted by Gasteiger charge is 2.10. The molecule has 0 atom stereocenters. The minimum atomic E-state index is 0.694. The normalized spacial score (nSPS) is 10.6. The molecule has 0 aliphatic carbocycles. The molecule has 0 saturated heterocycles. The number of methoxy groups -OCH3 is 2. The van der Waals surface area contributed by atoms with Gasteiger partial charge in [-0.2, -0.15) is 0 Å². The molecule has 3 rings (SSSR count). The molecule has 0 saturated carbocycles. The molecule has 3 nitrogen and oxygen atoms in total. The highest BCUT2D eigenvalue weighted by atomic mass is 32.2. The topological polar surface area (TPSA) is 31.4 Å². The Morgan fingerprint density at radius 3 is 2.33 bits per heavy atom. The lowest BCUT2D eigenvalue weighted by atomic mass is 10.2. The van der Waals surface area contributed by atoms with Crippen molar-refractivity contribution in [1.82, 2.24) is 4.98 Å². The monoisotopic (exact) mass is 297 g/mol. The molecule has 21 heavy (non-hydrogen) atoms. The van der Waals surface area contributed by atoms with E-state index in [9.17, 15) is 0 Å². The van der Waals surface area contributed by atoms with Gasteiger partial charge in [-0.15, -0.1) is 0 Å². The third-order valence-corrected chi connectivity index (χ3v) is 4.26. The van der Waals surface area contributed by atoms with Crippen LogP contribution in [0, 0.1) is 0 Å². The number of aromatic nitrogens is 1. The maximum atomic E-state index is 5.39. The van der Waals surface area contributed by atoms with Crippen LogP contribution in [0.15, 0.2) is 64.5 Å². The SMILES string of the molecule is COc1cc2nccc(Sc3ccccc3)c2cc1OC. The molecule has 3 aromatic rings. The molecule has 0 amide bonds. The average Bonchev–Trinajstić information content (AvgIpc) is 2.55. The predicted octanol–water partition coefficient (Wildman–Crippen LogP) is 4.40. The summed E-state index contributed by atoms with van der Waals surface area (Å²) in [6.07, 6.45) is 1.82. The summed E-state index contributed by atoms with van der Waals surface area (Å²) in [5.74, 6) is 1.41. The fraction of sp³-hybridized carbons (Fsp3) is 0.118. The zero-order valence-electron chi connectivity index (χ0n) is 11.9. The van der Waals surface area contributed by atoms with Crippen LogP contribution in [0.5, 0.6) is 11.5 Å². The van der Waals surface area contributed by atoms with E-state index in [-0.39, 0.29) is 0 Å². The van der Waals surface area contributed by atoms with Crippen LogP contribution in [0.4, 0.5) is 0 Å². The molecule has 0 bridgehead atoms. The zero-order chi connectivity index (χ0) is 14.7. The van der Waals surface area contributed by atoms with Crippen molar-refractivity contribution in [3.8, 4) is 11.5 Å². The van der Waals surface area contributed by atoms with Gasteiger partial charge >= 0.3 is 0 Å². The van der Waals surface area contributed by atoms with E-state index < -0.39 is 0 Å². The van der Waals surface area contributed by atoms with E-state index in [1.54, 1.807) is 26.0 Å². The van der Waals surface area contributed by atoms with Gasteiger partial charge in [0.2, 0.25) is 0 Å². The first-order valence-electron chi connectivity index (χ1n) is 6.55. The van der Waals surface area contributed by atoms with Crippen LogP contribution in [-0.2, 0) is 0 Å². The zero-order valence-corrected chi connectivity index (χ0v) is 12.7. The van der Waals surface area contributed by atoms with Gasteiger partial charge in [-0.1, -0.05) is 30.0 Å². The standard InChI is InChI=1S/C17H15NO2S/c1-19-15-10-13-14(11-16(15)20-2)18-9-8-17(13)21-12-6-4-3-5-7-12/h3-11H,1-2H3. The Hall–Kier alpha value is -2.20. The average molecular weight is 297 g/mol. The van der Waals surface area contributed by atoms with Crippen molar-refractivity contribution < 1.29 is 9.47 Å². The van der Waals surface area contributed by atoms with Crippen molar-refractivity contribution in [3.05, 3.63) is 54.7 Å². The van der Waals surface area contributed by atoms with Crippen LogP contribution < -0.4 is 9.47 Å². The summed E-state index contributed by atoms with van der Waals surface area (Å²) < 4.78 is 10.7. The van der Waals surface area contributed by atoms with Gasteiger partial charge in [0.05, 0.1) is 19.7 Å². The van der Waals surface area contributed by atoms with E-state index >= 15 is 0 Å². The minimum absolute atomic E-state index is 0.694. The second-order valence-corrected chi connectivity index (χ2v) is 5.56. The predicted molar refractivity (Wildman–Crippen MR) is 85.4 cm³/mol. The molecule has 2 aromatic carbocycles. The Morgan fingerprint density at radius 2 is 1.62 bits per heavy atom. The second-order valence-electron chi connectivity index (χ2n) is 4.45. The molecule has 1 heterocycles. The molecule has 106 valence electrons. The first-order valence-corrected chi connectivity index (χ1v) is 7.37. The van der Waals surface area contributed by atoms with Crippen LogP contribution in [0.1, 0.15) is 0 Å². The van der Waals surface area contributed by atoms with Crippen LogP contribution in [0.25, 0.3) is 10.9 Å². The number of rotatable bonds is 4. The number of ether oxygens (including phenoxy) is 2. The third-order valence-electron chi connectivity index (χ3n) is 3.18. The lowest BCUT2D eigenvalue weighted by Crippen LogP contribution is -1.92. The van der Waals surface area contributed by atoms with Gasteiger partial charge < -0.3 is 9.47 Å². The number of fused-ring (bicyclic) bond motifs is 1. The summed E-state index contributed by atoms with van der Waals surface area (Å²) in [4.78, 5) is 6.76. The number of hydrogen-bond donors (Lipinski definition) is 0. The lowest BCUT2D eigenvalue weighted by molar-refractivity contribution is 0.355. The maximum Gasteiger partial charge on any atom is 0.162 e. The van der Waals surface area contributed by atoms with Crippen LogP contribution in [0.3, 0.4) is 0 Å². The molecular weight excluding hydrogens is 282 g/mol. The molecule has 0 spiro atoms. The van der Waals surface area contributed by atoms with E-state index in [4.69, 9.17) is 9.47 Å². The van der Waals surface area contributed by atoms with Crippen molar-refractivity contribution in [2.75, 3.05) is 14.2 Å². The fourth-order valence-corrected chi connectivity index (χ4v) is 3.10. The van der Waals surface area contributed by atoms with Crippen LogP contribution in [-0.4, -0.2) is 19.2 Å². The summed E-state index contributed by atoms with van der Waals surface area (Å²) >= 11 is 1.71. The van der Waals surface area contributed by atoms with Gasteiger partial charge in [0.25, 0.3) is 0 Å². The van der Waals surface area contributed by atoms with Crippen LogP contribution >= 0.6 is 11.8 Å². The van der Waals surface area contributed by atoms with E-state index in [2.05, 4.69) is 17.1 Å². The van der Waals surface area contributed by atoms with Gasteiger partial charge in [0, 0.05) is 27.4 Å². The van der Waals surface area contributed by atoms with Crippen molar-refractivity contribution in [2.24, 2.45) is 0 Å². The Labute approximate surface area is 127 Å². The second kappa shape index (κ2) is 6.06. The van der Waals surface area contributed by atoms with Crippen molar-refractivity contribution in [2.45, 2.75) is 9.79 Å². The fourth-order valence-electron chi connectivity index (χ4n) is 2.15. The molecular formula is C17H15NO2S. The molecule has 0 aliphatic heterocycles. The summed E-state index contributed by atoms with van der Waals surface area (Å²) in [7, 11) is 3.27. The Bertz CT molecular complexity index is 759. The first-order chi connectivity index (χ1) is 10.3. The van der Waals surface area contributed by atoms with Crippen molar-refractivity contribution in [1.29, 1.82) is 0 Å². The minimum Gasteiger partial charge on any atom is -0.493 e. The highest BCUT2D eigenvalue weighted by molar-refractivity contribution is 7.99. The first kappa shape index (κ1) is 13.8. The summed E-state index contributed by atoms with van der Waals surface area (Å²) in [6.45, 7) is 0. The van der Waals surface area contributed by atoms with E-state index in [0.29, 0.717) is 11.5 Å². The number of nitrogens with zero attached hydrogens (tertiary/aromatic N) is 1. The molecule has 1 aromatic heterocycles.